The van der Waals surface area contributed by atoms with E-state index in [9.17, 15) is 4.79 Å². The Morgan fingerprint density at radius 2 is 1.97 bits per heavy atom. The summed E-state index contributed by atoms with van der Waals surface area (Å²) in [6.07, 6.45) is 0. The first kappa shape index (κ1) is 21.9. The average Bonchev–Trinajstić information content (AvgIpc) is 3.45. The van der Waals surface area contributed by atoms with Gasteiger partial charge >= 0.3 is 0 Å². The van der Waals surface area contributed by atoms with Crippen molar-refractivity contribution >= 4 is 45.7 Å². The third-order valence-corrected chi connectivity index (χ3v) is 7.98. The molecule has 8 heteroatoms. The predicted octanol–water partition coefficient (Wildman–Crippen LogP) is 5.46. The van der Waals surface area contributed by atoms with E-state index in [1.165, 1.54) is 0 Å². The van der Waals surface area contributed by atoms with E-state index in [4.69, 9.17) is 9.15 Å². The van der Waals surface area contributed by atoms with Gasteiger partial charge < -0.3 is 19.0 Å². The molecule has 0 atom stereocenters. The van der Waals surface area contributed by atoms with E-state index in [0.29, 0.717) is 24.6 Å². The van der Waals surface area contributed by atoms with Crippen molar-refractivity contribution in [1.82, 2.24) is 9.88 Å². The Hall–Kier alpha value is -2.97. The molecule has 0 spiro atoms. The number of ether oxygens (including phenoxy) is 1. The van der Waals surface area contributed by atoms with Gasteiger partial charge in [-0.2, -0.15) is 0 Å². The topological polar surface area (TPSA) is 58.8 Å². The summed E-state index contributed by atoms with van der Waals surface area (Å²) in [5.74, 6) is 1.90. The van der Waals surface area contributed by atoms with Crippen molar-refractivity contribution in [3.63, 3.8) is 0 Å². The maximum Gasteiger partial charge on any atom is 0.290 e. The molecule has 33 heavy (non-hydrogen) atoms. The number of anilines is 1. The monoisotopic (exact) mass is 479 g/mol. The molecule has 1 fully saturated rings. The van der Waals surface area contributed by atoms with Gasteiger partial charge in [-0.25, -0.2) is 4.98 Å². The minimum atomic E-state index is -0.0394. The highest BCUT2D eigenvalue weighted by Gasteiger charge is 2.28. The number of nitrogens with zero attached hydrogens (tertiary/aromatic N) is 3. The minimum Gasteiger partial charge on any atom is -0.497 e. The summed E-state index contributed by atoms with van der Waals surface area (Å²) in [5, 5.41) is 3.04. The van der Waals surface area contributed by atoms with E-state index in [1.54, 1.807) is 30.2 Å². The van der Waals surface area contributed by atoms with E-state index in [1.807, 2.05) is 59.7 Å². The largest absolute Gasteiger partial charge is 0.497 e. The second-order valence-electron chi connectivity index (χ2n) is 7.93. The maximum atomic E-state index is 13.5. The number of amides is 1. The third-order valence-electron chi connectivity index (χ3n) is 5.82. The number of para-hydroxylation sites is 1. The Bertz CT molecular complexity index is 1270. The first-order valence-electron chi connectivity index (χ1n) is 10.9. The molecule has 1 amide bonds. The molecule has 0 N–H and O–H groups in total. The molecule has 0 radical (unpaired) electrons. The SMILES string of the molecule is COc1cccc(N2CCN(C(=O)c3oc4ccccc4c3CSc3nc(C)cs3)CC2)c1. The van der Waals surface area contributed by atoms with Crippen LogP contribution in [-0.4, -0.2) is 49.1 Å². The number of thioether (sulfide) groups is 1. The van der Waals surface area contributed by atoms with Crippen molar-refractivity contribution in [2.45, 2.75) is 17.0 Å². The second-order valence-corrected chi connectivity index (χ2v) is 10.0. The summed E-state index contributed by atoms with van der Waals surface area (Å²) in [7, 11) is 1.68. The number of hydrogen-bond donors (Lipinski definition) is 0. The third kappa shape index (κ3) is 4.58. The highest BCUT2D eigenvalue weighted by atomic mass is 32.2. The van der Waals surface area contributed by atoms with E-state index in [0.717, 1.165) is 51.1 Å². The summed E-state index contributed by atoms with van der Waals surface area (Å²) in [6, 6.07) is 15.9. The van der Waals surface area contributed by atoms with Crippen molar-refractivity contribution in [2.24, 2.45) is 0 Å². The van der Waals surface area contributed by atoms with Crippen molar-refractivity contribution in [1.29, 1.82) is 0 Å². The number of piperazine rings is 1. The van der Waals surface area contributed by atoms with E-state index < -0.39 is 0 Å². The lowest BCUT2D eigenvalue weighted by Gasteiger charge is -2.36. The normalized spacial score (nSPS) is 14.1. The zero-order valence-electron chi connectivity index (χ0n) is 18.6. The summed E-state index contributed by atoms with van der Waals surface area (Å²) < 4.78 is 12.5. The fourth-order valence-corrected chi connectivity index (χ4v) is 5.94. The Kier molecular flexibility index (Phi) is 6.28. The van der Waals surface area contributed by atoms with Crippen LogP contribution in [0.1, 0.15) is 21.8 Å². The number of fused-ring (bicyclic) bond motifs is 1. The van der Waals surface area contributed by atoms with Crippen LogP contribution in [0.2, 0.25) is 0 Å². The van der Waals surface area contributed by atoms with Crippen LogP contribution < -0.4 is 9.64 Å². The molecule has 0 unspecified atom stereocenters. The van der Waals surface area contributed by atoms with Gasteiger partial charge in [0.25, 0.3) is 5.91 Å². The van der Waals surface area contributed by atoms with Crippen molar-refractivity contribution in [3.05, 3.63) is 70.9 Å². The number of aromatic nitrogens is 1. The molecule has 2 aromatic carbocycles. The predicted molar refractivity (Wildman–Crippen MR) is 134 cm³/mol. The number of hydrogen-bond acceptors (Lipinski definition) is 7. The molecule has 0 bridgehead atoms. The molecule has 4 aromatic rings. The molecule has 6 nitrogen and oxygen atoms in total. The Balaban J connectivity index is 1.34. The van der Waals surface area contributed by atoms with Crippen LogP contribution in [0.4, 0.5) is 5.69 Å². The zero-order valence-corrected chi connectivity index (χ0v) is 20.2. The van der Waals surface area contributed by atoms with Gasteiger partial charge in [-0.1, -0.05) is 36.0 Å². The van der Waals surface area contributed by atoms with Gasteiger partial charge in [0.2, 0.25) is 0 Å². The number of thiazole rings is 1. The first-order valence-corrected chi connectivity index (χ1v) is 12.7. The van der Waals surface area contributed by atoms with Crippen LogP contribution in [0.15, 0.2) is 62.7 Å². The Morgan fingerprint density at radius 3 is 2.73 bits per heavy atom. The summed E-state index contributed by atoms with van der Waals surface area (Å²) in [5.41, 5.74) is 3.83. The molecule has 5 rings (SSSR count). The molecule has 3 heterocycles. The van der Waals surface area contributed by atoms with Crippen molar-refractivity contribution in [3.8, 4) is 5.75 Å². The standard InChI is InChI=1S/C25H25N3O3S2/c1-17-15-32-25(26-17)33-16-21-20-8-3-4-9-22(20)31-23(21)24(29)28-12-10-27(11-13-28)18-6-5-7-19(14-18)30-2/h3-9,14-15H,10-13,16H2,1-2H3. The molecule has 0 aliphatic carbocycles. The summed E-state index contributed by atoms with van der Waals surface area (Å²) >= 11 is 3.28. The van der Waals surface area contributed by atoms with Gasteiger partial charge in [-0.05, 0) is 25.1 Å². The molecule has 2 aromatic heterocycles. The molecule has 1 aliphatic rings. The fourth-order valence-electron chi connectivity index (χ4n) is 4.07. The number of furan rings is 1. The van der Waals surface area contributed by atoms with Gasteiger partial charge in [-0.15, -0.1) is 11.3 Å². The number of methoxy groups -OCH3 is 1. The smallest absolute Gasteiger partial charge is 0.290 e. The molecule has 1 aliphatic heterocycles. The lowest BCUT2D eigenvalue weighted by atomic mass is 10.1. The first-order chi connectivity index (χ1) is 16.1. The highest BCUT2D eigenvalue weighted by Crippen LogP contribution is 2.34. The quantitative estimate of drug-likeness (QED) is 0.342. The number of rotatable bonds is 6. The van der Waals surface area contributed by atoms with Gasteiger partial charge in [0.15, 0.2) is 5.76 Å². The van der Waals surface area contributed by atoms with Crippen LogP contribution in [0.3, 0.4) is 0 Å². The molecular formula is C25H25N3O3S2. The van der Waals surface area contributed by atoms with Gasteiger partial charge in [-0.3, -0.25) is 4.79 Å². The van der Waals surface area contributed by atoms with Crippen LogP contribution in [-0.2, 0) is 5.75 Å². The van der Waals surface area contributed by atoms with Crippen molar-refractivity contribution < 1.29 is 13.9 Å². The number of benzene rings is 2. The van der Waals surface area contributed by atoms with E-state index in [2.05, 4.69) is 16.0 Å². The Labute approximate surface area is 201 Å². The Morgan fingerprint density at radius 1 is 1.15 bits per heavy atom. The average molecular weight is 480 g/mol. The van der Waals surface area contributed by atoms with Gasteiger partial charge in [0.1, 0.15) is 15.7 Å². The van der Waals surface area contributed by atoms with Gasteiger partial charge in [0, 0.05) is 65.7 Å². The van der Waals surface area contributed by atoms with Crippen LogP contribution in [0, 0.1) is 6.92 Å². The van der Waals surface area contributed by atoms with E-state index in [-0.39, 0.29) is 5.91 Å². The van der Waals surface area contributed by atoms with Crippen LogP contribution in [0.25, 0.3) is 11.0 Å². The highest BCUT2D eigenvalue weighted by molar-refractivity contribution is 8.00. The molecule has 0 saturated carbocycles. The van der Waals surface area contributed by atoms with Crippen molar-refractivity contribution in [2.75, 3.05) is 38.2 Å². The second kappa shape index (κ2) is 9.49. The fraction of sp³-hybridized carbons (Fsp3) is 0.280. The zero-order chi connectivity index (χ0) is 22.8. The minimum absolute atomic E-state index is 0.0394. The lowest BCUT2D eigenvalue weighted by molar-refractivity contribution is 0.0716. The van der Waals surface area contributed by atoms with E-state index >= 15 is 0 Å². The van der Waals surface area contributed by atoms with Crippen LogP contribution >= 0.6 is 23.1 Å². The maximum absolute atomic E-state index is 13.5. The van der Waals surface area contributed by atoms with Gasteiger partial charge in [0.05, 0.1) is 7.11 Å². The number of carbonyl (C=O) groups is 1. The number of carbonyl (C=O) groups excluding carboxylic acids is 1. The van der Waals surface area contributed by atoms with Crippen LogP contribution in [0.5, 0.6) is 5.75 Å². The molecule has 170 valence electrons. The summed E-state index contributed by atoms with van der Waals surface area (Å²) in [4.78, 5) is 22.2. The molecular weight excluding hydrogens is 454 g/mol. The lowest BCUT2D eigenvalue weighted by Crippen LogP contribution is -2.48. The molecule has 1 saturated heterocycles. The summed E-state index contributed by atoms with van der Waals surface area (Å²) in [6.45, 7) is 4.81. The number of aryl methyl sites for hydroxylation is 1.